The number of nitrogens with zero attached hydrogens (tertiary/aromatic N) is 1. The van der Waals surface area contributed by atoms with Gasteiger partial charge in [0.2, 0.25) is 0 Å². The summed E-state index contributed by atoms with van der Waals surface area (Å²) in [6, 6.07) is 20.6. The lowest BCUT2D eigenvalue weighted by Gasteiger charge is -2.16. The van der Waals surface area contributed by atoms with Crippen LogP contribution in [0.3, 0.4) is 0 Å². The molecule has 0 saturated carbocycles. The molecule has 1 heterocycles. The second kappa shape index (κ2) is 11.1. The van der Waals surface area contributed by atoms with E-state index in [0.29, 0.717) is 0 Å². The second-order valence-corrected chi connectivity index (χ2v) is 10.7. The van der Waals surface area contributed by atoms with E-state index in [2.05, 4.69) is 10.3 Å². The molecule has 12 heteroatoms. The Labute approximate surface area is 236 Å². The molecule has 212 valence electrons. The second-order valence-electron chi connectivity index (χ2n) is 9.01. The van der Waals surface area contributed by atoms with Gasteiger partial charge in [-0.15, -0.1) is 0 Å². The van der Waals surface area contributed by atoms with Crippen LogP contribution in [0.25, 0.3) is 22.0 Å². The molecule has 0 saturated heterocycles. The highest BCUT2D eigenvalue weighted by Gasteiger charge is 2.34. The predicted molar refractivity (Wildman–Crippen MR) is 148 cm³/mol. The number of carbonyl (C=O) groups is 2. The van der Waals surface area contributed by atoms with Crippen molar-refractivity contribution < 1.29 is 35.6 Å². The van der Waals surface area contributed by atoms with E-state index in [9.17, 15) is 35.6 Å². The maximum Gasteiger partial charge on any atom is 0.418 e. The number of nitrogens with one attached hydrogen (secondary N) is 2. The van der Waals surface area contributed by atoms with E-state index in [-0.39, 0.29) is 38.8 Å². The fourth-order valence-corrected chi connectivity index (χ4v) is 5.42. The molecule has 0 aliphatic heterocycles. The average molecular weight is 594 g/mol. The summed E-state index contributed by atoms with van der Waals surface area (Å²) in [5.74, 6) is -1.55. The normalized spacial score (nSPS) is 11.7. The van der Waals surface area contributed by atoms with E-state index in [1.165, 1.54) is 48.5 Å². The molecule has 5 aromatic rings. The molecule has 0 aliphatic rings. The summed E-state index contributed by atoms with van der Waals surface area (Å²) in [6.07, 6.45) is -3.64. The van der Waals surface area contributed by atoms with Crippen LogP contribution in [0.4, 0.5) is 28.0 Å². The van der Waals surface area contributed by atoms with Crippen LogP contribution in [0.2, 0.25) is 0 Å². The topological polar surface area (TPSA) is 105 Å². The van der Waals surface area contributed by atoms with Gasteiger partial charge in [-0.05, 0) is 35.9 Å². The van der Waals surface area contributed by atoms with Gasteiger partial charge in [0.25, 0.3) is 10.0 Å². The third kappa shape index (κ3) is 5.70. The Morgan fingerprint density at radius 3 is 2.21 bits per heavy atom. The molecule has 7 nitrogen and oxygen atoms in total. The molecule has 1 aromatic heterocycles. The number of urea groups is 1. The smallest absolute Gasteiger partial charge is 0.307 e. The van der Waals surface area contributed by atoms with Gasteiger partial charge >= 0.3 is 12.2 Å². The maximum atomic E-state index is 14.0. The maximum absolute atomic E-state index is 14.0. The average Bonchev–Trinajstić information content (AvgIpc) is 2.95. The van der Waals surface area contributed by atoms with Crippen molar-refractivity contribution in [3.05, 3.63) is 126 Å². The van der Waals surface area contributed by atoms with Gasteiger partial charge in [-0.2, -0.15) is 13.2 Å². The van der Waals surface area contributed by atoms with Crippen LogP contribution in [0, 0.1) is 5.82 Å². The van der Waals surface area contributed by atoms with Crippen molar-refractivity contribution in [2.24, 2.45) is 0 Å². The monoisotopic (exact) mass is 593 g/mol. The van der Waals surface area contributed by atoms with Crippen LogP contribution >= 0.6 is 0 Å². The highest BCUT2D eigenvalue weighted by Crippen LogP contribution is 2.39. The Morgan fingerprint density at radius 2 is 1.50 bits per heavy atom. The standard InChI is InChI=1S/C30H19F4N3O4S/c31-24-14-4-5-15-25(24)42(40,41)37-29(39)36-20-11-6-10-19(16-20)26-21-12-7-13-23(30(32,33)34)27(21)35-17-22(26)28(38)18-8-2-1-3-9-18/h1-17H,(H2,36,37,39). The van der Waals surface area contributed by atoms with E-state index < -0.39 is 44.3 Å². The first-order valence-corrected chi connectivity index (χ1v) is 13.7. The summed E-state index contributed by atoms with van der Waals surface area (Å²) in [4.78, 5) is 29.4. The number of hydrogen-bond donors (Lipinski definition) is 2. The molecule has 0 unspecified atom stereocenters. The van der Waals surface area contributed by atoms with Crippen LogP contribution in [0.15, 0.2) is 108 Å². The van der Waals surface area contributed by atoms with Gasteiger partial charge < -0.3 is 5.32 Å². The number of hydrogen-bond acceptors (Lipinski definition) is 5. The number of alkyl halides is 3. The van der Waals surface area contributed by atoms with Crippen LogP contribution in [-0.2, 0) is 16.2 Å². The number of rotatable bonds is 6. The summed E-state index contributed by atoms with van der Waals surface area (Å²) in [5.41, 5.74) is -0.665. The molecule has 0 bridgehead atoms. The van der Waals surface area contributed by atoms with Crippen molar-refractivity contribution >= 4 is 38.4 Å². The molecule has 0 atom stereocenters. The predicted octanol–water partition coefficient (Wildman–Crippen LogP) is 6.80. The molecule has 5 rings (SSSR count). The highest BCUT2D eigenvalue weighted by atomic mass is 32.2. The minimum atomic E-state index is -4.72. The molecule has 42 heavy (non-hydrogen) atoms. The van der Waals surface area contributed by atoms with Gasteiger partial charge in [-0.25, -0.2) is 22.3 Å². The number of halogens is 4. The van der Waals surface area contributed by atoms with Crippen molar-refractivity contribution in [2.75, 3.05) is 5.32 Å². The van der Waals surface area contributed by atoms with Crippen molar-refractivity contribution in [1.29, 1.82) is 0 Å². The largest absolute Gasteiger partial charge is 0.418 e. The zero-order valence-electron chi connectivity index (χ0n) is 21.3. The Balaban J connectivity index is 1.58. The third-order valence-electron chi connectivity index (χ3n) is 6.25. The van der Waals surface area contributed by atoms with Crippen LogP contribution in [0.1, 0.15) is 21.5 Å². The lowest BCUT2D eigenvalue weighted by atomic mass is 9.91. The number of aromatic nitrogens is 1. The Morgan fingerprint density at radius 1 is 0.810 bits per heavy atom. The van der Waals surface area contributed by atoms with Crippen LogP contribution < -0.4 is 10.0 Å². The van der Waals surface area contributed by atoms with Gasteiger partial charge in [0.1, 0.15) is 10.7 Å². The molecule has 2 amide bonds. The van der Waals surface area contributed by atoms with E-state index in [1.54, 1.807) is 35.1 Å². The molecular formula is C30H19F4N3O4S. The zero-order valence-corrected chi connectivity index (χ0v) is 22.1. The lowest BCUT2D eigenvalue weighted by Crippen LogP contribution is -2.34. The van der Waals surface area contributed by atoms with Crippen molar-refractivity contribution in [3.63, 3.8) is 0 Å². The molecule has 0 aliphatic carbocycles. The molecule has 0 radical (unpaired) electrons. The first-order chi connectivity index (χ1) is 20.0. The quantitative estimate of drug-likeness (QED) is 0.166. The minimum absolute atomic E-state index is 0.0109. The number of para-hydroxylation sites is 1. The molecule has 4 aromatic carbocycles. The van der Waals surface area contributed by atoms with Crippen molar-refractivity contribution in [2.45, 2.75) is 11.1 Å². The summed E-state index contributed by atoms with van der Waals surface area (Å²) in [6.45, 7) is 0. The Kier molecular flexibility index (Phi) is 7.48. The van der Waals surface area contributed by atoms with Gasteiger partial charge in [0.05, 0.1) is 11.1 Å². The minimum Gasteiger partial charge on any atom is -0.307 e. The van der Waals surface area contributed by atoms with E-state index in [0.717, 1.165) is 24.4 Å². The van der Waals surface area contributed by atoms with Crippen LogP contribution in [-0.4, -0.2) is 25.2 Å². The highest BCUT2D eigenvalue weighted by molar-refractivity contribution is 7.90. The van der Waals surface area contributed by atoms with E-state index >= 15 is 0 Å². The van der Waals surface area contributed by atoms with E-state index in [1.807, 2.05) is 0 Å². The lowest BCUT2D eigenvalue weighted by molar-refractivity contribution is -0.136. The summed E-state index contributed by atoms with van der Waals surface area (Å²) in [5, 5.41) is 2.37. The first kappa shape index (κ1) is 28.4. The molecule has 0 fully saturated rings. The number of ketones is 1. The van der Waals surface area contributed by atoms with Gasteiger partial charge in [-0.1, -0.05) is 66.7 Å². The zero-order chi connectivity index (χ0) is 30.1. The number of carbonyl (C=O) groups excluding carboxylic acids is 2. The Bertz CT molecular complexity index is 1950. The van der Waals surface area contributed by atoms with Crippen molar-refractivity contribution in [3.8, 4) is 11.1 Å². The number of fused-ring (bicyclic) bond motifs is 1. The molecular weight excluding hydrogens is 574 g/mol. The van der Waals surface area contributed by atoms with Crippen molar-refractivity contribution in [1.82, 2.24) is 9.71 Å². The first-order valence-electron chi connectivity index (χ1n) is 12.2. The van der Waals surface area contributed by atoms with Gasteiger partial charge in [0, 0.05) is 34.0 Å². The fourth-order valence-electron chi connectivity index (χ4n) is 4.43. The number of pyridine rings is 1. The van der Waals surface area contributed by atoms with E-state index in [4.69, 9.17) is 0 Å². The number of sulfonamides is 1. The molecule has 0 spiro atoms. The number of benzene rings is 4. The van der Waals surface area contributed by atoms with Gasteiger partial charge in [0.15, 0.2) is 5.78 Å². The summed E-state index contributed by atoms with van der Waals surface area (Å²) >= 11 is 0. The summed E-state index contributed by atoms with van der Waals surface area (Å²) in [7, 11) is -4.57. The van der Waals surface area contributed by atoms with Crippen LogP contribution in [0.5, 0.6) is 0 Å². The number of amides is 2. The Hall–Kier alpha value is -5.10. The third-order valence-corrected chi connectivity index (χ3v) is 7.61. The SMILES string of the molecule is O=C(Nc1cccc(-c2c(C(=O)c3ccccc3)cnc3c(C(F)(F)F)cccc23)c1)NS(=O)(=O)c1ccccc1F. The van der Waals surface area contributed by atoms with Gasteiger partial charge in [-0.3, -0.25) is 9.78 Å². The number of anilines is 1. The molecule has 2 N–H and O–H groups in total. The fraction of sp³-hybridized carbons (Fsp3) is 0.0333. The summed E-state index contributed by atoms with van der Waals surface area (Å²) < 4.78 is 82.2.